The van der Waals surface area contributed by atoms with Gasteiger partial charge in [-0.25, -0.2) is 9.59 Å². The maximum absolute atomic E-state index is 14.1. The Morgan fingerprint density at radius 1 is 0.650 bits per heavy atom. The summed E-state index contributed by atoms with van der Waals surface area (Å²) in [6.45, 7) is -0.839. The molecule has 5 rings (SSSR count). The fourth-order valence-electron chi connectivity index (χ4n) is 3.99. The third kappa shape index (κ3) is 5.77. The molecule has 2 N–H and O–H groups in total. The molecule has 4 aromatic rings. The lowest BCUT2D eigenvalue weighted by molar-refractivity contribution is -0.0535. The van der Waals surface area contributed by atoms with Gasteiger partial charge in [-0.3, -0.25) is 28.7 Å². The molecule has 0 bridgehead atoms. The van der Waals surface area contributed by atoms with Crippen molar-refractivity contribution >= 4 is 0 Å². The van der Waals surface area contributed by atoms with Crippen molar-refractivity contribution < 1.29 is 27.7 Å². The van der Waals surface area contributed by atoms with Crippen LogP contribution in [0.2, 0.25) is 0 Å². The van der Waals surface area contributed by atoms with Gasteiger partial charge >= 0.3 is 11.4 Å². The van der Waals surface area contributed by atoms with Gasteiger partial charge in [0.1, 0.15) is 24.7 Å². The zero-order valence-electron chi connectivity index (χ0n) is 20.7. The Kier molecular flexibility index (Phi) is 7.70. The number of nitrogens with zero attached hydrogens (tertiary/aromatic N) is 2. The largest absolute Gasteiger partial charge is 0.488 e. The molecule has 0 spiro atoms. The highest BCUT2D eigenvalue weighted by molar-refractivity contribution is 5.33. The molecule has 14 heteroatoms. The molecule has 2 aromatic carbocycles. The fraction of sp³-hybridized carbons (Fsp3) is 0.231. The van der Waals surface area contributed by atoms with Gasteiger partial charge in [0.2, 0.25) is 11.6 Å². The maximum Gasteiger partial charge on any atom is 0.330 e. The first-order valence-corrected chi connectivity index (χ1v) is 12.0. The summed E-state index contributed by atoms with van der Waals surface area (Å²) in [5.74, 6) is -1.74. The van der Waals surface area contributed by atoms with Crippen LogP contribution in [0.4, 0.5) is 8.78 Å². The summed E-state index contributed by atoms with van der Waals surface area (Å²) in [6.07, 6.45) is -0.860. The minimum absolute atomic E-state index is 0.141. The van der Waals surface area contributed by atoms with E-state index in [4.69, 9.17) is 18.9 Å². The Bertz CT molecular complexity index is 1580. The Morgan fingerprint density at radius 2 is 1.05 bits per heavy atom. The van der Waals surface area contributed by atoms with Crippen LogP contribution in [0.3, 0.4) is 0 Å². The van der Waals surface area contributed by atoms with E-state index in [0.29, 0.717) is 22.6 Å². The molecule has 208 valence electrons. The molecule has 0 aliphatic carbocycles. The second kappa shape index (κ2) is 11.5. The lowest BCUT2D eigenvalue weighted by atomic mass is 10.2. The second-order valence-corrected chi connectivity index (χ2v) is 8.66. The summed E-state index contributed by atoms with van der Waals surface area (Å²) in [4.78, 5) is 51.9. The average molecular weight is 556 g/mol. The summed E-state index contributed by atoms with van der Waals surface area (Å²) in [6, 6.07) is 13.4. The first-order valence-electron chi connectivity index (χ1n) is 12.0. The van der Waals surface area contributed by atoms with Crippen molar-refractivity contribution in [2.45, 2.75) is 25.7 Å². The van der Waals surface area contributed by atoms with Crippen molar-refractivity contribution in [2.24, 2.45) is 0 Å². The van der Waals surface area contributed by atoms with Gasteiger partial charge in [0.05, 0.1) is 25.6 Å². The minimum atomic E-state index is -1.18. The van der Waals surface area contributed by atoms with Crippen molar-refractivity contribution in [3.63, 3.8) is 0 Å². The molecule has 3 heterocycles. The van der Waals surface area contributed by atoms with E-state index < -0.39 is 46.6 Å². The van der Waals surface area contributed by atoms with E-state index in [1.807, 2.05) is 9.97 Å². The van der Waals surface area contributed by atoms with Crippen molar-refractivity contribution in [1.29, 1.82) is 0 Å². The monoisotopic (exact) mass is 556 g/mol. The number of aromatic amines is 2. The van der Waals surface area contributed by atoms with Crippen LogP contribution in [0.1, 0.15) is 23.6 Å². The summed E-state index contributed by atoms with van der Waals surface area (Å²) in [5.41, 5.74) is -3.13. The molecule has 0 unspecified atom stereocenters. The standard InChI is InChI=1S/C26H22F2N4O8/c27-17-9-31(25(35)29-23(17)33)21-14-38-20-8-4-2-6-16(20)12-40-22(32-10-18(28)24(34)30-26(32)36)13-37-19-7-3-1-5-15(19)11-39-21/h1-10,21-22H,11-14H2,(H,29,33,35)(H,30,34,36)/t21-,22-/m0/s1. The molecule has 0 radical (unpaired) electrons. The number of nitrogens with one attached hydrogen (secondary N) is 2. The van der Waals surface area contributed by atoms with E-state index in [1.54, 1.807) is 48.5 Å². The first kappa shape index (κ1) is 26.8. The van der Waals surface area contributed by atoms with E-state index >= 15 is 0 Å². The summed E-state index contributed by atoms with van der Waals surface area (Å²) < 4.78 is 53.7. The molecule has 12 nitrogen and oxygen atoms in total. The van der Waals surface area contributed by atoms with Gasteiger partial charge in [-0.15, -0.1) is 0 Å². The number of hydrogen-bond donors (Lipinski definition) is 2. The molecule has 0 amide bonds. The van der Waals surface area contributed by atoms with Gasteiger partial charge in [0.25, 0.3) is 11.1 Å². The summed E-state index contributed by atoms with van der Waals surface area (Å²) >= 11 is 0. The van der Waals surface area contributed by atoms with Gasteiger partial charge in [-0.05, 0) is 12.1 Å². The molecular weight excluding hydrogens is 534 g/mol. The van der Waals surface area contributed by atoms with Crippen LogP contribution in [0, 0.1) is 11.6 Å². The lowest BCUT2D eigenvalue weighted by Crippen LogP contribution is -2.37. The Labute approximate surface area is 223 Å². The van der Waals surface area contributed by atoms with Gasteiger partial charge < -0.3 is 18.9 Å². The van der Waals surface area contributed by atoms with Crippen LogP contribution in [0.15, 0.2) is 80.1 Å². The fourth-order valence-corrected chi connectivity index (χ4v) is 3.99. The van der Waals surface area contributed by atoms with Gasteiger partial charge in [0.15, 0.2) is 12.5 Å². The van der Waals surface area contributed by atoms with E-state index in [0.717, 1.165) is 21.5 Å². The molecule has 0 saturated carbocycles. The number of benzene rings is 2. The van der Waals surface area contributed by atoms with Crippen LogP contribution in [0.5, 0.6) is 11.5 Å². The van der Waals surface area contributed by atoms with Crippen molar-refractivity contribution in [3.05, 3.63) is 125 Å². The van der Waals surface area contributed by atoms with Crippen molar-refractivity contribution in [2.75, 3.05) is 13.2 Å². The van der Waals surface area contributed by atoms with E-state index in [1.165, 1.54) is 0 Å². The number of rotatable bonds is 2. The van der Waals surface area contributed by atoms with E-state index in [-0.39, 0.29) is 26.4 Å². The SMILES string of the molecule is O=c1[nH]c(=O)n([C@@H]2COc3ccccc3CO[C@H](n3cc(F)c(=O)[nH]c3=O)COc3ccccc3CO2)cc1F. The number of H-pyrrole nitrogens is 2. The van der Waals surface area contributed by atoms with Crippen LogP contribution < -0.4 is 32.0 Å². The number of fused-ring (bicyclic) bond motifs is 2. The number of para-hydroxylation sites is 2. The van der Waals surface area contributed by atoms with Crippen LogP contribution in [-0.4, -0.2) is 32.3 Å². The average Bonchev–Trinajstić information content (AvgIpc) is 2.94. The van der Waals surface area contributed by atoms with Gasteiger partial charge in [-0.2, -0.15) is 8.78 Å². The van der Waals surface area contributed by atoms with E-state index in [9.17, 15) is 28.0 Å². The molecule has 1 aliphatic heterocycles. The zero-order chi connectivity index (χ0) is 28.2. The molecule has 1 aliphatic rings. The Balaban J connectivity index is 1.53. The summed E-state index contributed by atoms with van der Waals surface area (Å²) in [5, 5.41) is 0. The molecule has 2 atom stereocenters. The molecular formula is C26H22F2N4O8. The third-order valence-electron chi connectivity index (χ3n) is 6.04. The van der Waals surface area contributed by atoms with Crippen LogP contribution >= 0.6 is 0 Å². The predicted octanol–water partition coefficient (Wildman–Crippen LogP) is 1.57. The molecule has 0 fully saturated rings. The van der Waals surface area contributed by atoms with Crippen molar-refractivity contribution in [1.82, 2.24) is 19.1 Å². The molecule has 2 aromatic heterocycles. The highest BCUT2D eigenvalue weighted by Gasteiger charge is 2.22. The highest BCUT2D eigenvalue weighted by Crippen LogP contribution is 2.26. The number of ether oxygens (including phenoxy) is 4. The number of halogens is 2. The number of aromatic nitrogens is 4. The minimum Gasteiger partial charge on any atom is -0.488 e. The topological polar surface area (TPSA) is 147 Å². The second-order valence-electron chi connectivity index (χ2n) is 8.66. The third-order valence-corrected chi connectivity index (χ3v) is 6.04. The quantitative estimate of drug-likeness (QED) is 0.378. The molecule has 0 saturated heterocycles. The maximum atomic E-state index is 14.1. The van der Waals surface area contributed by atoms with E-state index in [2.05, 4.69) is 0 Å². The normalized spacial score (nSPS) is 17.9. The smallest absolute Gasteiger partial charge is 0.330 e. The zero-order valence-corrected chi connectivity index (χ0v) is 20.7. The Hall–Kier alpha value is -4.82. The van der Waals surface area contributed by atoms with Crippen LogP contribution in [0.25, 0.3) is 0 Å². The predicted molar refractivity (Wildman–Crippen MR) is 134 cm³/mol. The highest BCUT2D eigenvalue weighted by atomic mass is 19.1. The van der Waals surface area contributed by atoms with Crippen LogP contribution in [-0.2, 0) is 22.7 Å². The lowest BCUT2D eigenvalue weighted by Gasteiger charge is -2.25. The van der Waals surface area contributed by atoms with Gasteiger partial charge in [0, 0.05) is 11.1 Å². The van der Waals surface area contributed by atoms with Gasteiger partial charge in [-0.1, -0.05) is 36.4 Å². The molecule has 40 heavy (non-hydrogen) atoms. The first-order chi connectivity index (χ1) is 19.3. The van der Waals surface area contributed by atoms with Crippen molar-refractivity contribution in [3.8, 4) is 11.5 Å². The summed E-state index contributed by atoms with van der Waals surface area (Å²) in [7, 11) is 0. The number of hydrogen-bond acceptors (Lipinski definition) is 8. The Morgan fingerprint density at radius 3 is 1.48 bits per heavy atom.